The number of aromatic nitrogens is 2. The molecular formula is C23H18N2O2. The molecule has 0 radical (unpaired) electrons. The third-order valence-corrected chi connectivity index (χ3v) is 4.44. The lowest BCUT2D eigenvalue weighted by Crippen LogP contribution is -2.22. The normalized spacial score (nSPS) is 11.3. The van der Waals surface area contributed by atoms with E-state index in [0.717, 1.165) is 11.3 Å². The van der Waals surface area contributed by atoms with Crippen molar-refractivity contribution in [1.29, 1.82) is 0 Å². The predicted molar refractivity (Wildman–Crippen MR) is 109 cm³/mol. The van der Waals surface area contributed by atoms with E-state index in [9.17, 15) is 9.90 Å². The second-order valence-corrected chi connectivity index (χ2v) is 6.36. The van der Waals surface area contributed by atoms with E-state index in [0.29, 0.717) is 22.3 Å². The van der Waals surface area contributed by atoms with Crippen LogP contribution in [0.15, 0.2) is 77.6 Å². The molecule has 4 rings (SSSR count). The van der Waals surface area contributed by atoms with Crippen LogP contribution >= 0.6 is 0 Å². The number of nitrogens with zero attached hydrogens (tertiary/aromatic N) is 2. The van der Waals surface area contributed by atoms with E-state index in [1.807, 2.05) is 55.5 Å². The fourth-order valence-corrected chi connectivity index (χ4v) is 3.00. The van der Waals surface area contributed by atoms with Gasteiger partial charge in [-0.3, -0.25) is 9.36 Å². The summed E-state index contributed by atoms with van der Waals surface area (Å²) in [7, 11) is 0. The summed E-state index contributed by atoms with van der Waals surface area (Å²) in [4.78, 5) is 17.8. The number of hydrogen-bond donors (Lipinski definition) is 1. The average Bonchev–Trinajstić information content (AvgIpc) is 2.69. The maximum Gasteiger partial charge on any atom is 0.266 e. The van der Waals surface area contributed by atoms with Crippen molar-refractivity contribution in [2.45, 2.75) is 6.92 Å². The molecule has 4 nitrogen and oxygen atoms in total. The van der Waals surface area contributed by atoms with Gasteiger partial charge in [0, 0.05) is 5.56 Å². The SMILES string of the molecule is Cc1ccc(-n2c(/C=C/c3ccccc3O)nc3ccccc3c2=O)cc1. The Morgan fingerprint density at radius 1 is 0.889 bits per heavy atom. The molecule has 4 heteroatoms. The zero-order valence-corrected chi connectivity index (χ0v) is 14.8. The van der Waals surface area contributed by atoms with Gasteiger partial charge in [-0.1, -0.05) is 48.0 Å². The first-order valence-corrected chi connectivity index (χ1v) is 8.68. The summed E-state index contributed by atoms with van der Waals surface area (Å²) in [5.74, 6) is 0.685. The summed E-state index contributed by atoms with van der Waals surface area (Å²) >= 11 is 0. The van der Waals surface area contributed by atoms with Gasteiger partial charge in [0.25, 0.3) is 5.56 Å². The van der Waals surface area contributed by atoms with E-state index in [1.54, 1.807) is 41.0 Å². The Kier molecular flexibility index (Phi) is 4.30. The van der Waals surface area contributed by atoms with Crippen LogP contribution < -0.4 is 5.56 Å². The molecular weight excluding hydrogens is 336 g/mol. The minimum absolute atomic E-state index is 0.124. The fraction of sp³-hybridized carbons (Fsp3) is 0.0435. The van der Waals surface area contributed by atoms with Crippen LogP contribution in [0.5, 0.6) is 5.75 Å². The van der Waals surface area contributed by atoms with Crippen molar-refractivity contribution in [3.63, 3.8) is 0 Å². The molecule has 0 unspecified atom stereocenters. The van der Waals surface area contributed by atoms with Gasteiger partial charge in [0.15, 0.2) is 0 Å². The lowest BCUT2D eigenvalue weighted by Gasteiger charge is -2.11. The van der Waals surface area contributed by atoms with Gasteiger partial charge in [-0.05, 0) is 49.4 Å². The summed E-state index contributed by atoms with van der Waals surface area (Å²) in [6.07, 6.45) is 3.51. The van der Waals surface area contributed by atoms with Gasteiger partial charge in [-0.25, -0.2) is 4.98 Å². The Hall–Kier alpha value is -3.66. The first-order chi connectivity index (χ1) is 13.1. The average molecular weight is 354 g/mol. The summed E-state index contributed by atoms with van der Waals surface area (Å²) in [5, 5.41) is 10.6. The van der Waals surface area contributed by atoms with Gasteiger partial charge in [-0.15, -0.1) is 0 Å². The molecule has 27 heavy (non-hydrogen) atoms. The van der Waals surface area contributed by atoms with E-state index in [2.05, 4.69) is 4.98 Å². The summed E-state index contributed by atoms with van der Waals surface area (Å²) < 4.78 is 1.60. The molecule has 0 atom stereocenters. The van der Waals surface area contributed by atoms with Gasteiger partial charge < -0.3 is 5.11 Å². The highest BCUT2D eigenvalue weighted by molar-refractivity contribution is 5.80. The van der Waals surface area contributed by atoms with E-state index >= 15 is 0 Å². The van der Waals surface area contributed by atoms with Gasteiger partial charge in [0.1, 0.15) is 11.6 Å². The molecule has 0 aliphatic heterocycles. The largest absolute Gasteiger partial charge is 0.507 e. The molecule has 0 amide bonds. The quantitative estimate of drug-likeness (QED) is 0.586. The zero-order chi connectivity index (χ0) is 18.8. The number of aromatic hydroxyl groups is 1. The predicted octanol–water partition coefficient (Wildman–Crippen LogP) is 4.57. The highest BCUT2D eigenvalue weighted by Crippen LogP contribution is 2.20. The topological polar surface area (TPSA) is 55.1 Å². The second-order valence-electron chi connectivity index (χ2n) is 6.36. The number of phenols is 1. The maximum absolute atomic E-state index is 13.2. The zero-order valence-electron chi connectivity index (χ0n) is 14.8. The van der Waals surface area contributed by atoms with Crippen molar-refractivity contribution in [2.75, 3.05) is 0 Å². The first-order valence-electron chi connectivity index (χ1n) is 8.68. The molecule has 0 saturated heterocycles. The molecule has 0 fully saturated rings. The molecule has 0 aliphatic rings. The molecule has 0 bridgehead atoms. The minimum Gasteiger partial charge on any atom is -0.507 e. The smallest absolute Gasteiger partial charge is 0.266 e. The molecule has 3 aromatic carbocycles. The van der Waals surface area contributed by atoms with Crippen LogP contribution in [-0.4, -0.2) is 14.7 Å². The third-order valence-electron chi connectivity index (χ3n) is 4.44. The fourth-order valence-electron chi connectivity index (χ4n) is 3.00. The van der Waals surface area contributed by atoms with Crippen LogP contribution in [0.3, 0.4) is 0 Å². The molecule has 1 aromatic heterocycles. The van der Waals surface area contributed by atoms with Crippen molar-refractivity contribution in [3.8, 4) is 11.4 Å². The van der Waals surface area contributed by atoms with Crippen molar-refractivity contribution in [1.82, 2.24) is 9.55 Å². The summed E-state index contributed by atoms with van der Waals surface area (Å²) in [5.41, 5.74) is 3.05. The van der Waals surface area contributed by atoms with Crippen LogP contribution in [-0.2, 0) is 0 Å². The second kappa shape index (κ2) is 6.92. The Balaban J connectivity index is 1.95. The highest BCUT2D eigenvalue weighted by Gasteiger charge is 2.11. The number of hydrogen-bond acceptors (Lipinski definition) is 3. The van der Waals surface area contributed by atoms with E-state index in [4.69, 9.17) is 0 Å². The van der Waals surface area contributed by atoms with Crippen LogP contribution in [0.2, 0.25) is 0 Å². The molecule has 4 aromatic rings. The molecule has 132 valence electrons. The Morgan fingerprint density at radius 2 is 1.59 bits per heavy atom. The Bertz CT molecular complexity index is 1210. The molecule has 1 N–H and O–H groups in total. The van der Waals surface area contributed by atoms with Crippen molar-refractivity contribution < 1.29 is 5.11 Å². The third kappa shape index (κ3) is 3.25. The Morgan fingerprint density at radius 3 is 2.37 bits per heavy atom. The number of aryl methyl sites for hydroxylation is 1. The summed E-state index contributed by atoms with van der Waals surface area (Å²) in [6.45, 7) is 2.00. The van der Waals surface area contributed by atoms with Gasteiger partial charge in [0.05, 0.1) is 16.6 Å². The van der Waals surface area contributed by atoms with Gasteiger partial charge in [-0.2, -0.15) is 0 Å². The van der Waals surface area contributed by atoms with Crippen molar-refractivity contribution >= 4 is 23.1 Å². The van der Waals surface area contributed by atoms with E-state index in [-0.39, 0.29) is 11.3 Å². The van der Waals surface area contributed by atoms with Crippen LogP contribution in [0, 0.1) is 6.92 Å². The number of para-hydroxylation sites is 2. The molecule has 0 aliphatic carbocycles. The molecule has 0 spiro atoms. The lowest BCUT2D eigenvalue weighted by molar-refractivity contribution is 0.474. The number of fused-ring (bicyclic) bond motifs is 1. The van der Waals surface area contributed by atoms with Crippen LogP contribution in [0.4, 0.5) is 0 Å². The van der Waals surface area contributed by atoms with Crippen molar-refractivity contribution in [2.24, 2.45) is 0 Å². The summed E-state index contributed by atoms with van der Waals surface area (Å²) in [6, 6.07) is 22.1. The van der Waals surface area contributed by atoms with Crippen molar-refractivity contribution in [3.05, 3.63) is 100 Å². The monoisotopic (exact) mass is 354 g/mol. The number of benzene rings is 3. The number of phenolic OH excluding ortho intramolecular Hbond substituents is 1. The standard InChI is InChI=1S/C23H18N2O2/c1-16-10-13-18(14-11-16)25-22(15-12-17-6-2-5-9-21(17)26)24-20-8-4-3-7-19(20)23(25)27/h2-15,26H,1H3/b15-12+. The Labute approximate surface area is 156 Å². The number of rotatable bonds is 3. The lowest BCUT2D eigenvalue weighted by atomic mass is 10.1. The van der Waals surface area contributed by atoms with E-state index in [1.165, 1.54) is 0 Å². The molecule has 0 saturated carbocycles. The van der Waals surface area contributed by atoms with Gasteiger partial charge in [0.2, 0.25) is 0 Å². The first kappa shape index (κ1) is 16.8. The van der Waals surface area contributed by atoms with Gasteiger partial charge >= 0.3 is 0 Å². The minimum atomic E-state index is -0.124. The van der Waals surface area contributed by atoms with Crippen LogP contribution in [0.25, 0.3) is 28.7 Å². The van der Waals surface area contributed by atoms with E-state index < -0.39 is 0 Å². The maximum atomic E-state index is 13.2. The van der Waals surface area contributed by atoms with Crippen LogP contribution in [0.1, 0.15) is 17.0 Å². The molecule has 1 heterocycles. The highest BCUT2D eigenvalue weighted by atomic mass is 16.3.